The molecule has 0 heterocycles. The van der Waals surface area contributed by atoms with Crippen LogP contribution in [0.3, 0.4) is 0 Å². The van der Waals surface area contributed by atoms with Gasteiger partial charge in [0.2, 0.25) is 0 Å². The molecule has 16 heavy (non-hydrogen) atoms. The van der Waals surface area contributed by atoms with E-state index in [0.29, 0.717) is 0 Å². The van der Waals surface area contributed by atoms with Gasteiger partial charge in [0.05, 0.1) is 12.5 Å². The Morgan fingerprint density at radius 2 is 2.25 bits per heavy atom. The summed E-state index contributed by atoms with van der Waals surface area (Å²) in [4.78, 5) is 13.4. The van der Waals surface area contributed by atoms with E-state index < -0.39 is 12.0 Å². The largest absolute Gasteiger partial charge is 0.481 e. The minimum absolute atomic E-state index is 0.186. The molecule has 1 aromatic rings. The van der Waals surface area contributed by atoms with Gasteiger partial charge in [-0.1, -0.05) is 28.9 Å². The number of hydrogen-bond donors (Lipinski definition) is 1. The topological polar surface area (TPSA) is 86.1 Å². The Kier molecular flexibility index (Phi) is 3.91. The zero-order valence-corrected chi connectivity index (χ0v) is 9.21. The van der Waals surface area contributed by atoms with Crippen LogP contribution in [0.4, 0.5) is 0 Å². The number of carbonyl (C=O) groups is 1. The summed E-state index contributed by atoms with van der Waals surface area (Å²) in [7, 11) is 0. The quantitative estimate of drug-likeness (QED) is 0.479. The molecule has 0 radical (unpaired) electrons. The van der Waals surface area contributed by atoms with Crippen LogP contribution in [0.15, 0.2) is 23.3 Å². The first kappa shape index (κ1) is 12.1. The van der Waals surface area contributed by atoms with Crippen molar-refractivity contribution in [3.63, 3.8) is 0 Å². The highest BCUT2D eigenvalue weighted by Gasteiger charge is 2.15. The van der Waals surface area contributed by atoms with E-state index in [4.69, 9.17) is 10.6 Å². The van der Waals surface area contributed by atoms with E-state index in [2.05, 4.69) is 10.0 Å². The number of aliphatic carboxylic acids is 1. The van der Waals surface area contributed by atoms with Gasteiger partial charge in [0.25, 0.3) is 0 Å². The van der Waals surface area contributed by atoms with Crippen molar-refractivity contribution in [3.8, 4) is 0 Å². The van der Waals surface area contributed by atoms with Gasteiger partial charge in [-0.2, -0.15) is 0 Å². The maximum absolute atomic E-state index is 10.7. The third kappa shape index (κ3) is 3.00. The second-order valence-corrected chi connectivity index (χ2v) is 3.68. The van der Waals surface area contributed by atoms with E-state index in [1.54, 1.807) is 0 Å². The van der Waals surface area contributed by atoms with Crippen molar-refractivity contribution in [1.29, 1.82) is 0 Å². The average Bonchev–Trinajstić information content (AvgIpc) is 2.20. The van der Waals surface area contributed by atoms with Crippen molar-refractivity contribution in [3.05, 3.63) is 45.3 Å². The van der Waals surface area contributed by atoms with Crippen molar-refractivity contribution in [1.82, 2.24) is 0 Å². The van der Waals surface area contributed by atoms with Gasteiger partial charge in [0.1, 0.15) is 0 Å². The molecule has 0 bridgehead atoms. The molecule has 0 aromatic heterocycles. The molecule has 1 atom stereocenters. The first-order valence-corrected chi connectivity index (χ1v) is 4.87. The number of nitrogens with zero attached hydrogens (tertiary/aromatic N) is 3. The summed E-state index contributed by atoms with van der Waals surface area (Å²) in [6.07, 6.45) is -0.186. The second-order valence-electron chi connectivity index (χ2n) is 3.68. The van der Waals surface area contributed by atoms with Gasteiger partial charge >= 0.3 is 5.97 Å². The Bertz CT molecular complexity index is 451. The van der Waals surface area contributed by atoms with Gasteiger partial charge in [-0.3, -0.25) is 4.79 Å². The van der Waals surface area contributed by atoms with Crippen LogP contribution in [-0.2, 0) is 4.79 Å². The summed E-state index contributed by atoms with van der Waals surface area (Å²) < 4.78 is 0. The molecule has 84 valence electrons. The van der Waals surface area contributed by atoms with E-state index in [1.807, 2.05) is 32.0 Å². The molecule has 1 rings (SSSR count). The smallest absolute Gasteiger partial charge is 0.304 e. The zero-order valence-electron chi connectivity index (χ0n) is 9.21. The minimum atomic E-state index is -0.974. The normalized spacial score (nSPS) is 11.6. The standard InChI is InChI=1S/C11H13N3O2/c1-7-3-4-8(2)9(5-7)10(13-14-12)6-11(15)16/h3-5,10H,6H2,1-2H3,(H,15,16). The maximum Gasteiger partial charge on any atom is 0.304 e. The number of benzene rings is 1. The first-order chi connectivity index (χ1) is 7.54. The predicted octanol–water partition coefficient (Wildman–Crippen LogP) is 3.13. The number of azide groups is 1. The van der Waals surface area contributed by atoms with Crippen LogP contribution < -0.4 is 0 Å². The summed E-state index contributed by atoms with van der Waals surface area (Å²) in [6.45, 7) is 3.79. The Hall–Kier alpha value is -2.00. The molecule has 0 aliphatic rings. The fourth-order valence-electron chi connectivity index (χ4n) is 1.56. The van der Waals surface area contributed by atoms with Gasteiger partial charge in [-0.25, -0.2) is 0 Å². The molecule has 0 saturated carbocycles. The van der Waals surface area contributed by atoms with Crippen LogP contribution in [0.25, 0.3) is 10.4 Å². The summed E-state index contributed by atoms with van der Waals surface area (Å²) >= 11 is 0. The number of rotatable bonds is 4. The van der Waals surface area contributed by atoms with Crippen molar-refractivity contribution in [2.75, 3.05) is 0 Å². The van der Waals surface area contributed by atoms with E-state index in [9.17, 15) is 4.79 Å². The number of hydrogen-bond acceptors (Lipinski definition) is 2. The molecule has 1 unspecified atom stereocenters. The van der Waals surface area contributed by atoms with E-state index in [1.165, 1.54) is 0 Å². The molecule has 1 aromatic carbocycles. The summed E-state index contributed by atoms with van der Waals surface area (Å²) in [6, 6.07) is 5.05. The lowest BCUT2D eigenvalue weighted by Gasteiger charge is -2.12. The van der Waals surface area contributed by atoms with Crippen molar-refractivity contribution < 1.29 is 9.90 Å². The fraction of sp³-hybridized carbons (Fsp3) is 0.364. The lowest BCUT2D eigenvalue weighted by Crippen LogP contribution is -2.05. The molecule has 0 fully saturated rings. The summed E-state index contributed by atoms with van der Waals surface area (Å²) in [5, 5.41) is 12.3. The van der Waals surface area contributed by atoms with Crippen LogP contribution in [0.2, 0.25) is 0 Å². The summed E-state index contributed by atoms with van der Waals surface area (Å²) in [5.41, 5.74) is 11.2. The van der Waals surface area contributed by atoms with Gasteiger partial charge < -0.3 is 5.11 Å². The monoisotopic (exact) mass is 219 g/mol. The average molecular weight is 219 g/mol. The molecule has 1 N–H and O–H groups in total. The molecule has 5 heteroatoms. The van der Waals surface area contributed by atoms with Crippen molar-refractivity contribution in [2.24, 2.45) is 5.11 Å². The molecule has 0 aliphatic carbocycles. The molecule has 0 saturated heterocycles. The zero-order chi connectivity index (χ0) is 12.1. The molecule has 0 spiro atoms. The molecular formula is C11H13N3O2. The second kappa shape index (κ2) is 5.19. The lowest BCUT2D eigenvalue weighted by molar-refractivity contribution is -0.137. The number of aryl methyl sites for hydroxylation is 2. The highest BCUT2D eigenvalue weighted by atomic mass is 16.4. The van der Waals surface area contributed by atoms with E-state index >= 15 is 0 Å². The van der Waals surface area contributed by atoms with Gasteiger partial charge in [0, 0.05) is 4.91 Å². The molecule has 5 nitrogen and oxygen atoms in total. The number of carboxylic acid groups (broad SMARTS) is 1. The Morgan fingerprint density at radius 1 is 1.56 bits per heavy atom. The van der Waals surface area contributed by atoms with Crippen LogP contribution in [-0.4, -0.2) is 11.1 Å². The van der Waals surface area contributed by atoms with Gasteiger partial charge in [-0.05, 0) is 30.5 Å². The SMILES string of the molecule is Cc1ccc(C)c(C(CC(=O)O)N=[N+]=[N-])c1. The highest BCUT2D eigenvalue weighted by Crippen LogP contribution is 2.25. The van der Waals surface area contributed by atoms with Crippen LogP contribution in [0, 0.1) is 13.8 Å². The van der Waals surface area contributed by atoms with Crippen molar-refractivity contribution in [2.45, 2.75) is 26.3 Å². The fourth-order valence-corrected chi connectivity index (χ4v) is 1.56. The molecular weight excluding hydrogens is 206 g/mol. The van der Waals surface area contributed by atoms with Crippen LogP contribution in [0.5, 0.6) is 0 Å². The summed E-state index contributed by atoms with van der Waals surface area (Å²) in [5.74, 6) is -0.974. The predicted molar refractivity (Wildman–Crippen MR) is 60.1 cm³/mol. The van der Waals surface area contributed by atoms with E-state index in [-0.39, 0.29) is 6.42 Å². The Labute approximate surface area is 93.3 Å². The number of carboxylic acids is 1. The van der Waals surface area contributed by atoms with Gasteiger partial charge in [-0.15, -0.1) is 0 Å². The van der Waals surface area contributed by atoms with E-state index in [0.717, 1.165) is 16.7 Å². The van der Waals surface area contributed by atoms with Gasteiger partial charge in [0.15, 0.2) is 0 Å². The van der Waals surface area contributed by atoms with Crippen molar-refractivity contribution >= 4 is 5.97 Å². The Balaban J connectivity index is 3.14. The van der Waals surface area contributed by atoms with Crippen LogP contribution in [0.1, 0.15) is 29.2 Å². The highest BCUT2D eigenvalue weighted by molar-refractivity contribution is 5.68. The molecule has 0 aliphatic heterocycles. The third-order valence-corrected chi connectivity index (χ3v) is 2.35. The molecule has 0 amide bonds. The third-order valence-electron chi connectivity index (χ3n) is 2.35. The lowest BCUT2D eigenvalue weighted by atomic mass is 9.97. The van der Waals surface area contributed by atoms with Crippen LogP contribution >= 0.6 is 0 Å². The minimum Gasteiger partial charge on any atom is -0.481 e. The maximum atomic E-state index is 10.7. The Morgan fingerprint density at radius 3 is 2.81 bits per heavy atom. The first-order valence-electron chi connectivity index (χ1n) is 4.87.